The van der Waals surface area contributed by atoms with Crippen LogP contribution in [0.4, 0.5) is 0 Å². The normalized spacial score (nSPS) is 34.6. The van der Waals surface area contributed by atoms with E-state index >= 15 is 0 Å². The van der Waals surface area contributed by atoms with Crippen molar-refractivity contribution in [3.05, 3.63) is 12.2 Å². The fourth-order valence-electron chi connectivity index (χ4n) is 1.12. The largest absolute Gasteiger partial charge is 0.772 e. The van der Waals surface area contributed by atoms with Crippen LogP contribution in [0.2, 0.25) is 0 Å². The molecule has 0 amide bonds. The molecule has 0 N–H and O–H groups in total. The summed E-state index contributed by atoms with van der Waals surface area (Å²) in [5, 5.41) is 0. The van der Waals surface area contributed by atoms with E-state index < -0.39 is 11.1 Å². The van der Waals surface area contributed by atoms with Crippen LogP contribution >= 0.6 is 0 Å². The maximum atomic E-state index is 10.2. The monoisotopic (exact) mass is 159 g/mol. The summed E-state index contributed by atoms with van der Waals surface area (Å²) < 4.78 is 20.4. The standard InChI is InChI=1S/C7H12O2S/c1-2-3-6-4-7(6)5-10(8)9/h2-3,6-7H,4-5H2,1H3,(H,8,9)/p-1/b3-2+/t6-,7+/m0/s1. The molecule has 0 aromatic rings. The first kappa shape index (κ1) is 7.95. The van der Waals surface area contributed by atoms with Crippen LogP contribution in [-0.2, 0) is 11.1 Å². The Balaban J connectivity index is 2.19. The van der Waals surface area contributed by atoms with E-state index in [-0.39, 0.29) is 0 Å². The lowest BCUT2D eigenvalue weighted by atomic mass is 10.3. The van der Waals surface area contributed by atoms with Crippen LogP contribution in [-0.4, -0.2) is 14.5 Å². The summed E-state index contributed by atoms with van der Waals surface area (Å²) in [5.41, 5.74) is 0. The van der Waals surface area contributed by atoms with Crippen LogP contribution in [0.1, 0.15) is 13.3 Å². The Hall–Kier alpha value is -0.150. The third kappa shape index (κ3) is 2.23. The summed E-state index contributed by atoms with van der Waals surface area (Å²) in [7, 11) is 0. The molecule has 0 spiro atoms. The van der Waals surface area contributed by atoms with Gasteiger partial charge in [0.25, 0.3) is 0 Å². The molecule has 0 bridgehead atoms. The minimum Gasteiger partial charge on any atom is -0.772 e. The smallest absolute Gasteiger partial charge is 0.0136 e. The Bertz CT molecular complexity index is 165. The molecule has 0 aromatic heterocycles. The Labute approximate surface area is 63.6 Å². The average Bonchev–Trinajstić information content (AvgIpc) is 2.47. The lowest BCUT2D eigenvalue weighted by molar-refractivity contribution is 0.533. The van der Waals surface area contributed by atoms with Crippen molar-refractivity contribution in [1.82, 2.24) is 0 Å². The Morgan fingerprint density at radius 1 is 1.80 bits per heavy atom. The van der Waals surface area contributed by atoms with Gasteiger partial charge in [-0.2, -0.15) is 0 Å². The first-order valence-electron chi connectivity index (χ1n) is 3.42. The molecule has 0 aliphatic heterocycles. The molecule has 1 fully saturated rings. The third-order valence-electron chi connectivity index (χ3n) is 1.77. The lowest BCUT2D eigenvalue weighted by Crippen LogP contribution is -1.97. The Morgan fingerprint density at radius 2 is 2.50 bits per heavy atom. The Morgan fingerprint density at radius 3 is 3.00 bits per heavy atom. The Kier molecular flexibility index (Phi) is 2.63. The highest BCUT2D eigenvalue weighted by Gasteiger charge is 2.33. The van der Waals surface area contributed by atoms with Crippen LogP contribution < -0.4 is 0 Å². The van der Waals surface area contributed by atoms with Gasteiger partial charge in [0.2, 0.25) is 0 Å². The maximum Gasteiger partial charge on any atom is 0.0136 e. The van der Waals surface area contributed by atoms with Gasteiger partial charge in [0.15, 0.2) is 0 Å². The summed E-state index contributed by atoms with van der Waals surface area (Å²) in [6, 6.07) is 0. The van der Waals surface area contributed by atoms with E-state index in [1.165, 1.54) is 0 Å². The fraction of sp³-hybridized carbons (Fsp3) is 0.714. The predicted molar refractivity (Wildman–Crippen MR) is 40.2 cm³/mol. The minimum absolute atomic E-state index is 0.342. The molecule has 10 heavy (non-hydrogen) atoms. The topological polar surface area (TPSA) is 40.1 Å². The predicted octanol–water partition coefficient (Wildman–Crippen LogP) is 1.08. The second-order valence-corrected chi connectivity index (χ2v) is 3.60. The molecular weight excluding hydrogens is 148 g/mol. The second-order valence-electron chi connectivity index (χ2n) is 2.66. The molecule has 0 radical (unpaired) electrons. The van der Waals surface area contributed by atoms with E-state index in [0.29, 0.717) is 17.6 Å². The molecule has 1 unspecified atom stereocenters. The van der Waals surface area contributed by atoms with E-state index in [0.717, 1.165) is 6.42 Å². The van der Waals surface area contributed by atoms with Gasteiger partial charge < -0.3 is 4.55 Å². The molecule has 0 heterocycles. The zero-order valence-electron chi connectivity index (χ0n) is 5.95. The minimum atomic E-state index is -1.84. The van der Waals surface area contributed by atoms with E-state index in [4.69, 9.17) is 0 Å². The van der Waals surface area contributed by atoms with Crippen LogP contribution in [0, 0.1) is 11.8 Å². The van der Waals surface area contributed by atoms with Crippen molar-refractivity contribution in [2.45, 2.75) is 13.3 Å². The van der Waals surface area contributed by atoms with Gasteiger partial charge in [-0.05, 0) is 25.2 Å². The first-order valence-corrected chi connectivity index (χ1v) is 4.67. The van der Waals surface area contributed by atoms with Crippen molar-refractivity contribution in [3.8, 4) is 0 Å². The van der Waals surface area contributed by atoms with Crippen LogP contribution in [0.3, 0.4) is 0 Å². The molecule has 3 atom stereocenters. The molecule has 1 saturated carbocycles. The summed E-state index contributed by atoms with van der Waals surface area (Å²) in [6.45, 7) is 1.96. The van der Waals surface area contributed by atoms with Gasteiger partial charge in [-0.1, -0.05) is 23.2 Å². The van der Waals surface area contributed by atoms with Gasteiger partial charge >= 0.3 is 0 Å². The van der Waals surface area contributed by atoms with Crippen molar-refractivity contribution in [3.63, 3.8) is 0 Å². The summed E-state index contributed by atoms with van der Waals surface area (Å²) >= 11 is -1.84. The van der Waals surface area contributed by atoms with Crippen molar-refractivity contribution < 1.29 is 8.76 Å². The van der Waals surface area contributed by atoms with E-state index in [2.05, 4.69) is 6.08 Å². The van der Waals surface area contributed by atoms with Crippen LogP contribution in [0.5, 0.6) is 0 Å². The van der Waals surface area contributed by atoms with E-state index in [1.807, 2.05) is 13.0 Å². The quantitative estimate of drug-likeness (QED) is 0.456. The number of allylic oxidation sites excluding steroid dienone is 2. The average molecular weight is 159 g/mol. The summed E-state index contributed by atoms with van der Waals surface area (Å²) in [5.74, 6) is 1.30. The van der Waals surface area contributed by atoms with Gasteiger partial charge in [0.05, 0.1) is 0 Å². The maximum absolute atomic E-state index is 10.2. The van der Waals surface area contributed by atoms with Crippen LogP contribution in [0.15, 0.2) is 12.2 Å². The second kappa shape index (κ2) is 3.30. The van der Waals surface area contributed by atoms with Gasteiger partial charge in [0, 0.05) is 5.75 Å². The van der Waals surface area contributed by atoms with Crippen LogP contribution in [0.25, 0.3) is 0 Å². The summed E-state index contributed by atoms with van der Waals surface area (Å²) in [6.07, 6.45) is 5.12. The van der Waals surface area contributed by atoms with E-state index in [1.54, 1.807) is 0 Å². The molecule has 0 saturated heterocycles. The zero-order valence-corrected chi connectivity index (χ0v) is 6.76. The third-order valence-corrected chi connectivity index (χ3v) is 2.47. The SMILES string of the molecule is C/C=C/[C@H]1C[C@@H]1CS(=O)[O-]. The molecule has 1 aliphatic rings. The van der Waals surface area contributed by atoms with Gasteiger partial charge in [0.1, 0.15) is 0 Å². The molecular formula is C7H11O2S-. The fourth-order valence-corrected chi connectivity index (χ4v) is 1.85. The van der Waals surface area contributed by atoms with Crippen molar-refractivity contribution in [1.29, 1.82) is 0 Å². The summed E-state index contributed by atoms with van der Waals surface area (Å²) in [4.78, 5) is 0. The first-order chi connectivity index (χ1) is 4.74. The molecule has 1 rings (SSSR count). The number of rotatable bonds is 3. The molecule has 58 valence electrons. The number of hydrogen-bond donors (Lipinski definition) is 0. The molecule has 2 nitrogen and oxygen atoms in total. The highest BCUT2D eigenvalue weighted by Crippen LogP contribution is 2.39. The van der Waals surface area contributed by atoms with Gasteiger partial charge in [-0.15, -0.1) is 0 Å². The van der Waals surface area contributed by atoms with Gasteiger partial charge in [-0.3, -0.25) is 4.21 Å². The lowest BCUT2D eigenvalue weighted by Gasteiger charge is -2.00. The number of hydrogen-bond acceptors (Lipinski definition) is 2. The van der Waals surface area contributed by atoms with E-state index in [9.17, 15) is 8.76 Å². The molecule has 1 aliphatic carbocycles. The van der Waals surface area contributed by atoms with Crippen molar-refractivity contribution >= 4 is 11.1 Å². The highest BCUT2D eigenvalue weighted by molar-refractivity contribution is 7.79. The molecule has 3 heteroatoms. The highest BCUT2D eigenvalue weighted by atomic mass is 32.2. The van der Waals surface area contributed by atoms with Crippen molar-refractivity contribution in [2.75, 3.05) is 5.75 Å². The van der Waals surface area contributed by atoms with Crippen molar-refractivity contribution in [2.24, 2.45) is 11.8 Å². The van der Waals surface area contributed by atoms with Gasteiger partial charge in [-0.25, -0.2) is 0 Å². The molecule has 0 aromatic carbocycles. The zero-order chi connectivity index (χ0) is 7.56.